The van der Waals surface area contributed by atoms with Gasteiger partial charge < -0.3 is 0 Å². The van der Waals surface area contributed by atoms with Crippen LogP contribution in [0.3, 0.4) is 0 Å². The van der Waals surface area contributed by atoms with Crippen LogP contribution in [0.15, 0.2) is 5.03 Å². The molecule has 8 heteroatoms. The van der Waals surface area contributed by atoms with Crippen LogP contribution in [0, 0.1) is 32.1 Å². The van der Waals surface area contributed by atoms with Crippen molar-refractivity contribution in [3.63, 3.8) is 0 Å². The van der Waals surface area contributed by atoms with Gasteiger partial charge in [-0.2, -0.15) is 5.26 Å². The summed E-state index contributed by atoms with van der Waals surface area (Å²) in [5, 5.41) is 22.4. The Kier molecular flexibility index (Phi) is 7.54. The maximum Gasteiger partial charge on any atom is 0.236 e. The molecule has 6 nitrogen and oxygen atoms in total. The predicted octanol–water partition coefficient (Wildman–Crippen LogP) is 4.19. The van der Waals surface area contributed by atoms with Crippen LogP contribution in [0.1, 0.15) is 53.6 Å². The van der Waals surface area contributed by atoms with Crippen LogP contribution in [-0.4, -0.2) is 26.8 Å². The third kappa shape index (κ3) is 5.26. The molecule has 0 aliphatic heterocycles. The van der Waals surface area contributed by atoms with E-state index in [9.17, 15) is 10.1 Å². The summed E-state index contributed by atoms with van der Waals surface area (Å²) in [6.45, 7) is 7.93. The lowest BCUT2D eigenvalue weighted by Crippen LogP contribution is -2.14. The van der Waals surface area contributed by atoms with Crippen LogP contribution in [0.25, 0.3) is 0 Å². The van der Waals surface area contributed by atoms with Crippen molar-refractivity contribution < 1.29 is 4.79 Å². The quantitative estimate of drug-likeness (QED) is 0.537. The van der Waals surface area contributed by atoms with Crippen molar-refractivity contribution in [2.75, 3.05) is 11.1 Å². The number of aryl methyl sites for hydroxylation is 2. The molecule has 2 aromatic heterocycles. The van der Waals surface area contributed by atoms with E-state index >= 15 is 0 Å². The number of hydrogen-bond acceptors (Lipinski definition) is 7. The lowest BCUT2D eigenvalue weighted by atomic mass is 10.1. The molecule has 2 rings (SSSR count). The van der Waals surface area contributed by atoms with E-state index in [1.807, 2.05) is 20.8 Å². The summed E-state index contributed by atoms with van der Waals surface area (Å²) < 4.78 is 0. The molecule has 1 amide bonds. The number of pyridine rings is 1. The number of thioether (sulfide) groups is 1. The maximum atomic E-state index is 12.2. The van der Waals surface area contributed by atoms with Crippen LogP contribution >= 0.6 is 23.1 Å². The number of anilines is 1. The van der Waals surface area contributed by atoms with Gasteiger partial charge in [0.2, 0.25) is 11.0 Å². The topological polar surface area (TPSA) is 91.6 Å². The van der Waals surface area contributed by atoms with Crippen LogP contribution in [0.5, 0.6) is 0 Å². The van der Waals surface area contributed by atoms with Crippen molar-refractivity contribution >= 4 is 34.1 Å². The second-order valence-electron chi connectivity index (χ2n) is 6.03. The number of nitrogens with zero attached hydrogens (tertiary/aromatic N) is 4. The van der Waals surface area contributed by atoms with Crippen molar-refractivity contribution in [2.45, 2.75) is 58.4 Å². The Labute approximate surface area is 162 Å². The second kappa shape index (κ2) is 9.64. The molecule has 0 aromatic carbocycles. The van der Waals surface area contributed by atoms with Gasteiger partial charge in [0.15, 0.2) is 0 Å². The first kappa shape index (κ1) is 20.3. The zero-order valence-electron chi connectivity index (χ0n) is 15.5. The summed E-state index contributed by atoms with van der Waals surface area (Å²) in [4.78, 5) is 16.7. The predicted molar refractivity (Wildman–Crippen MR) is 106 cm³/mol. The first-order chi connectivity index (χ1) is 12.5. The van der Waals surface area contributed by atoms with Crippen molar-refractivity contribution in [1.29, 1.82) is 5.26 Å². The third-order valence-electron chi connectivity index (χ3n) is 4.12. The fraction of sp³-hybridized carbons (Fsp3) is 0.500. The van der Waals surface area contributed by atoms with Gasteiger partial charge in [-0.1, -0.05) is 42.9 Å². The molecule has 0 unspecified atom stereocenters. The molecular formula is C18H23N5OS2. The highest BCUT2D eigenvalue weighted by molar-refractivity contribution is 8.00. The van der Waals surface area contributed by atoms with E-state index in [4.69, 9.17) is 0 Å². The number of unbranched alkanes of at least 4 members (excludes halogenated alkanes) is 2. The minimum Gasteiger partial charge on any atom is -0.300 e. The molecular weight excluding hydrogens is 366 g/mol. The smallest absolute Gasteiger partial charge is 0.236 e. The number of nitriles is 1. The fourth-order valence-corrected chi connectivity index (χ4v) is 4.05. The molecule has 0 radical (unpaired) electrons. The number of amides is 1. The second-order valence-corrected chi connectivity index (χ2v) is 8.06. The Hall–Kier alpha value is -1.98. The number of hydrogen-bond donors (Lipinski definition) is 1. The summed E-state index contributed by atoms with van der Waals surface area (Å²) in [6.07, 6.45) is 4.31. The molecule has 2 heterocycles. The number of carbonyl (C=O) groups is 1. The lowest BCUT2D eigenvalue weighted by Gasteiger charge is -2.10. The summed E-state index contributed by atoms with van der Waals surface area (Å²) >= 11 is 2.69. The largest absolute Gasteiger partial charge is 0.300 e. The van der Waals surface area contributed by atoms with Gasteiger partial charge in [-0.3, -0.25) is 10.1 Å². The molecule has 0 atom stereocenters. The third-order valence-corrected chi connectivity index (χ3v) is 6.00. The molecule has 0 aliphatic carbocycles. The highest BCUT2D eigenvalue weighted by Gasteiger charge is 2.15. The Bertz CT molecular complexity index is 826. The average Bonchev–Trinajstić information content (AvgIpc) is 3.05. The van der Waals surface area contributed by atoms with E-state index < -0.39 is 0 Å². The van der Waals surface area contributed by atoms with Gasteiger partial charge in [0.25, 0.3) is 0 Å². The highest BCUT2D eigenvalue weighted by Crippen LogP contribution is 2.26. The van der Waals surface area contributed by atoms with Gasteiger partial charge in [-0.15, -0.1) is 10.2 Å². The molecule has 0 aliphatic rings. The van der Waals surface area contributed by atoms with Gasteiger partial charge in [-0.05, 0) is 38.3 Å². The molecule has 0 saturated heterocycles. The number of nitrogens with one attached hydrogen (secondary N) is 1. The molecule has 138 valence electrons. The van der Waals surface area contributed by atoms with Crippen molar-refractivity contribution in [2.24, 2.45) is 0 Å². The molecule has 0 bridgehead atoms. The van der Waals surface area contributed by atoms with Crippen molar-refractivity contribution in [3.8, 4) is 6.07 Å². The van der Waals surface area contributed by atoms with Crippen LogP contribution in [0.4, 0.5) is 5.13 Å². The Balaban J connectivity index is 1.94. The van der Waals surface area contributed by atoms with E-state index in [-0.39, 0.29) is 11.7 Å². The number of aromatic nitrogens is 3. The molecule has 2 aromatic rings. The average molecular weight is 390 g/mol. The highest BCUT2D eigenvalue weighted by atomic mass is 32.2. The molecule has 0 saturated carbocycles. The van der Waals surface area contributed by atoms with E-state index in [2.05, 4.69) is 33.5 Å². The van der Waals surface area contributed by atoms with E-state index in [0.29, 0.717) is 15.7 Å². The van der Waals surface area contributed by atoms with Crippen LogP contribution < -0.4 is 5.32 Å². The molecule has 0 spiro atoms. The van der Waals surface area contributed by atoms with E-state index in [0.717, 1.165) is 41.1 Å². The Morgan fingerprint density at radius 1 is 1.23 bits per heavy atom. The lowest BCUT2D eigenvalue weighted by molar-refractivity contribution is -0.113. The first-order valence-electron chi connectivity index (χ1n) is 8.59. The monoisotopic (exact) mass is 389 g/mol. The minimum atomic E-state index is -0.173. The van der Waals surface area contributed by atoms with Crippen LogP contribution in [-0.2, 0) is 11.2 Å². The summed E-state index contributed by atoms with van der Waals surface area (Å²) in [5.41, 5.74) is 3.36. The van der Waals surface area contributed by atoms with Gasteiger partial charge in [-0.25, -0.2) is 4.98 Å². The SMILES string of the molecule is CCCCCc1nnc(NC(=O)CSc2nc(C)c(C)c(C)c2C#N)s1. The molecule has 0 fully saturated rings. The van der Waals surface area contributed by atoms with Gasteiger partial charge in [0.1, 0.15) is 16.1 Å². The Morgan fingerprint density at radius 3 is 2.69 bits per heavy atom. The standard InChI is InChI=1S/C18H23N5OS2/c1-5-6-7-8-16-22-23-18(26-16)21-15(24)10-25-17-14(9-19)12(3)11(2)13(4)20-17/h5-8,10H2,1-4H3,(H,21,23,24). The summed E-state index contributed by atoms with van der Waals surface area (Å²) in [7, 11) is 0. The van der Waals surface area contributed by atoms with E-state index in [1.165, 1.54) is 29.5 Å². The van der Waals surface area contributed by atoms with Gasteiger partial charge in [0.05, 0.1) is 11.3 Å². The summed E-state index contributed by atoms with van der Waals surface area (Å²) in [6, 6.07) is 2.20. The Morgan fingerprint density at radius 2 is 2.00 bits per heavy atom. The van der Waals surface area contributed by atoms with Gasteiger partial charge >= 0.3 is 0 Å². The van der Waals surface area contributed by atoms with Gasteiger partial charge in [0, 0.05) is 12.1 Å². The van der Waals surface area contributed by atoms with Crippen molar-refractivity contribution in [1.82, 2.24) is 15.2 Å². The molecule has 1 N–H and O–H groups in total. The first-order valence-corrected chi connectivity index (χ1v) is 10.4. The molecule has 26 heavy (non-hydrogen) atoms. The zero-order valence-corrected chi connectivity index (χ0v) is 17.2. The maximum absolute atomic E-state index is 12.2. The fourth-order valence-electron chi connectivity index (χ4n) is 2.37. The summed E-state index contributed by atoms with van der Waals surface area (Å²) in [5.74, 6) is 0.00166. The minimum absolute atomic E-state index is 0.173. The van der Waals surface area contributed by atoms with Crippen molar-refractivity contribution in [3.05, 3.63) is 27.4 Å². The van der Waals surface area contributed by atoms with Crippen LogP contribution in [0.2, 0.25) is 0 Å². The normalized spacial score (nSPS) is 10.6. The van der Waals surface area contributed by atoms with E-state index in [1.54, 1.807) is 0 Å². The number of carbonyl (C=O) groups excluding carboxylic acids is 1. The number of rotatable bonds is 8. The zero-order chi connectivity index (χ0) is 19.1.